The Hall–Kier alpha value is -1.75. The van der Waals surface area contributed by atoms with Crippen molar-refractivity contribution in [2.45, 2.75) is 39.7 Å². The molecule has 0 amide bonds. The van der Waals surface area contributed by atoms with Crippen LogP contribution in [-0.4, -0.2) is 20.2 Å². The van der Waals surface area contributed by atoms with Gasteiger partial charge in [-0.2, -0.15) is 4.68 Å². The maximum absolute atomic E-state index is 6.26. The zero-order chi connectivity index (χ0) is 13.3. The van der Waals surface area contributed by atoms with Gasteiger partial charge in [0.05, 0.1) is 11.2 Å². The molecule has 5 heteroatoms. The van der Waals surface area contributed by atoms with E-state index in [2.05, 4.69) is 15.5 Å². The van der Waals surface area contributed by atoms with Crippen LogP contribution >= 0.6 is 0 Å². The topological polar surface area (TPSA) is 69.6 Å². The Bertz CT molecular complexity index is 536. The first kappa shape index (κ1) is 12.7. The Morgan fingerprint density at radius 2 is 1.89 bits per heavy atom. The molecule has 1 aromatic carbocycles. The van der Waals surface area contributed by atoms with Crippen LogP contribution in [0.15, 0.2) is 18.2 Å². The molecule has 0 aliphatic heterocycles. The van der Waals surface area contributed by atoms with Crippen molar-refractivity contribution in [2.24, 2.45) is 5.73 Å². The first-order valence-corrected chi connectivity index (χ1v) is 6.11. The smallest absolute Gasteiger partial charge is 0.176 e. The number of nitrogens with two attached hydrogens (primary N) is 1. The van der Waals surface area contributed by atoms with Gasteiger partial charge in [0.25, 0.3) is 0 Å². The van der Waals surface area contributed by atoms with Gasteiger partial charge in [-0.1, -0.05) is 25.1 Å². The van der Waals surface area contributed by atoms with Gasteiger partial charge in [-0.05, 0) is 48.7 Å². The summed E-state index contributed by atoms with van der Waals surface area (Å²) in [5.41, 5.74) is 9.01. The number of para-hydroxylation sites is 1. The van der Waals surface area contributed by atoms with E-state index in [4.69, 9.17) is 5.73 Å². The van der Waals surface area contributed by atoms with Gasteiger partial charge in [0, 0.05) is 0 Å². The number of aromatic nitrogens is 4. The number of nitrogens with zero attached hydrogens (tertiary/aromatic N) is 4. The fourth-order valence-electron chi connectivity index (χ4n) is 1.99. The van der Waals surface area contributed by atoms with E-state index in [0.717, 1.165) is 23.2 Å². The lowest BCUT2D eigenvalue weighted by molar-refractivity contribution is 0.433. The fraction of sp³-hybridized carbons (Fsp3) is 0.462. The van der Waals surface area contributed by atoms with E-state index in [1.807, 2.05) is 45.9 Å². The van der Waals surface area contributed by atoms with Crippen molar-refractivity contribution >= 4 is 0 Å². The SMILES string of the molecule is CC[C@@](C)(N)c1nnnn1-c1c(C)cccc1C. The van der Waals surface area contributed by atoms with E-state index in [1.54, 1.807) is 4.68 Å². The van der Waals surface area contributed by atoms with Crippen LogP contribution in [0.5, 0.6) is 0 Å². The summed E-state index contributed by atoms with van der Waals surface area (Å²) in [5, 5.41) is 12.0. The average Bonchev–Trinajstić information content (AvgIpc) is 2.78. The quantitative estimate of drug-likeness (QED) is 0.896. The summed E-state index contributed by atoms with van der Waals surface area (Å²) in [5.74, 6) is 0.697. The minimum atomic E-state index is -0.530. The van der Waals surface area contributed by atoms with Crippen molar-refractivity contribution in [1.82, 2.24) is 20.2 Å². The van der Waals surface area contributed by atoms with Crippen LogP contribution in [0.25, 0.3) is 5.69 Å². The average molecular weight is 245 g/mol. The van der Waals surface area contributed by atoms with Crippen LogP contribution in [0.1, 0.15) is 37.2 Å². The summed E-state index contributed by atoms with van der Waals surface area (Å²) >= 11 is 0. The second-order valence-electron chi connectivity index (χ2n) is 4.93. The summed E-state index contributed by atoms with van der Waals surface area (Å²) in [6.45, 7) is 8.08. The molecule has 0 saturated carbocycles. The summed E-state index contributed by atoms with van der Waals surface area (Å²) in [6.07, 6.45) is 0.776. The molecule has 0 bridgehead atoms. The molecule has 0 fully saturated rings. The number of hydrogen-bond acceptors (Lipinski definition) is 4. The van der Waals surface area contributed by atoms with Crippen molar-refractivity contribution < 1.29 is 0 Å². The van der Waals surface area contributed by atoms with E-state index in [9.17, 15) is 0 Å². The minimum Gasteiger partial charge on any atom is -0.319 e. The molecule has 1 heterocycles. The number of tetrazole rings is 1. The number of rotatable bonds is 3. The molecule has 18 heavy (non-hydrogen) atoms. The predicted octanol–water partition coefficient (Wildman–Crippen LogP) is 1.86. The Morgan fingerprint density at radius 3 is 2.44 bits per heavy atom. The second kappa shape index (κ2) is 4.49. The standard InChI is InChI=1S/C13H19N5/c1-5-13(4,14)12-15-16-17-18(12)11-9(2)7-6-8-10(11)3/h6-8H,5,14H2,1-4H3/t13-/m1/s1. The molecule has 0 spiro atoms. The number of aryl methyl sites for hydroxylation is 2. The van der Waals surface area contributed by atoms with Gasteiger partial charge in [-0.15, -0.1) is 5.10 Å². The molecule has 2 rings (SSSR count). The van der Waals surface area contributed by atoms with Crippen molar-refractivity contribution in [3.63, 3.8) is 0 Å². The summed E-state index contributed by atoms with van der Waals surface area (Å²) in [4.78, 5) is 0. The number of benzene rings is 1. The van der Waals surface area contributed by atoms with Gasteiger partial charge in [0.2, 0.25) is 0 Å². The van der Waals surface area contributed by atoms with Crippen molar-refractivity contribution in [1.29, 1.82) is 0 Å². The molecular weight excluding hydrogens is 226 g/mol. The molecule has 0 aliphatic carbocycles. The van der Waals surface area contributed by atoms with Crippen molar-refractivity contribution in [2.75, 3.05) is 0 Å². The third-order valence-corrected chi connectivity index (χ3v) is 3.37. The van der Waals surface area contributed by atoms with Gasteiger partial charge >= 0.3 is 0 Å². The number of hydrogen-bond donors (Lipinski definition) is 1. The van der Waals surface area contributed by atoms with Crippen LogP contribution in [0.4, 0.5) is 0 Å². The monoisotopic (exact) mass is 245 g/mol. The normalized spacial score (nSPS) is 14.5. The van der Waals surface area contributed by atoms with Crippen molar-refractivity contribution in [3.05, 3.63) is 35.2 Å². The van der Waals surface area contributed by atoms with Gasteiger partial charge in [0.1, 0.15) is 0 Å². The van der Waals surface area contributed by atoms with E-state index in [0.29, 0.717) is 5.82 Å². The van der Waals surface area contributed by atoms with Gasteiger partial charge in [-0.25, -0.2) is 0 Å². The van der Waals surface area contributed by atoms with Gasteiger partial charge < -0.3 is 5.73 Å². The van der Waals surface area contributed by atoms with Crippen LogP contribution in [0.3, 0.4) is 0 Å². The predicted molar refractivity (Wildman–Crippen MR) is 70.5 cm³/mol. The highest BCUT2D eigenvalue weighted by molar-refractivity contribution is 5.46. The summed E-state index contributed by atoms with van der Waals surface area (Å²) < 4.78 is 1.76. The third-order valence-electron chi connectivity index (χ3n) is 3.37. The van der Waals surface area contributed by atoms with Gasteiger partial charge in [0.15, 0.2) is 5.82 Å². The molecule has 1 aromatic heterocycles. The largest absolute Gasteiger partial charge is 0.319 e. The molecule has 5 nitrogen and oxygen atoms in total. The zero-order valence-electron chi connectivity index (χ0n) is 11.3. The Labute approximate surface area is 107 Å². The minimum absolute atomic E-state index is 0.530. The highest BCUT2D eigenvalue weighted by atomic mass is 15.5. The molecule has 0 radical (unpaired) electrons. The first-order chi connectivity index (χ1) is 8.47. The summed E-state index contributed by atoms with van der Waals surface area (Å²) in [6, 6.07) is 6.13. The van der Waals surface area contributed by atoms with E-state index < -0.39 is 5.54 Å². The lowest BCUT2D eigenvalue weighted by Gasteiger charge is -2.22. The van der Waals surface area contributed by atoms with E-state index in [1.165, 1.54) is 0 Å². The molecule has 1 atom stereocenters. The van der Waals surface area contributed by atoms with E-state index in [-0.39, 0.29) is 0 Å². The van der Waals surface area contributed by atoms with E-state index >= 15 is 0 Å². The summed E-state index contributed by atoms with van der Waals surface area (Å²) in [7, 11) is 0. The van der Waals surface area contributed by atoms with Crippen LogP contribution in [-0.2, 0) is 5.54 Å². The van der Waals surface area contributed by atoms with Crippen LogP contribution < -0.4 is 5.73 Å². The molecule has 0 unspecified atom stereocenters. The highest BCUT2D eigenvalue weighted by Gasteiger charge is 2.27. The Balaban J connectivity index is 2.63. The zero-order valence-corrected chi connectivity index (χ0v) is 11.3. The Kier molecular flexibility index (Phi) is 3.17. The lowest BCUT2D eigenvalue weighted by Crippen LogP contribution is -2.35. The molecule has 2 aromatic rings. The molecule has 2 N–H and O–H groups in total. The third kappa shape index (κ3) is 2.01. The molecular formula is C13H19N5. The molecule has 0 saturated heterocycles. The van der Waals surface area contributed by atoms with Gasteiger partial charge in [-0.3, -0.25) is 0 Å². The Morgan fingerprint density at radius 1 is 1.28 bits per heavy atom. The van der Waals surface area contributed by atoms with Crippen LogP contribution in [0.2, 0.25) is 0 Å². The maximum Gasteiger partial charge on any atom is 0.176 e. The first-order valence-electron chi connectivity index (χ1n) is 6.11. The second-order valence-corrected chi connectivity index (χ2v) is 4.93. The van der Waals surface area contributed by atoms with Crippen molar-refractivity contribution in [3.8, 4) is 5.69 Å². The fourth-order valence-corrected chi connectivity index (χ4v) is 1.99. The molecule has 0 aliphatic rings. The van der Waals surface area contributed by atoms with Crippen LogP contribution in [0, 0.1) is 13.8 Å². The highest BCUT2D eigenvalue weighted by Crippen LogP contribution is 2.24. The lowest BCUT2D eigenvalue weighted by atomic mass is 9.99. The molecule has 96 valence electrons. The maximum atomic E-state index is 6.26.